The number of aromatic nitrogens is 1. The SMILES string of the molecule is Cc1cc(CN2C(=O)N[C@@](C)(c3cccc4ccccc34)C2=O)on1. The number of carbonyl (C=O) groups is 2. The minimum atomic E-state index is -1.12. The summed E-state index contributed by atoms with van der Waals surface area (Å²) in [6.45, 7) is 3.59. The van der Waals surface area contributed by atoms with Crippen LogP contribution in [0.1, 0.15) is 23.9 Å². The molecule has 1 fully saturated rings. The molecule has 6 heteroatoms. The Labute approximate surface area is 144 Å². The smallest absolute Gasteiger partial charge is 0.325 e. The number of nitrogens with zero attached hydrogens (tertiary/aromatic N) is 2. The van der Waals surface area contributed by atoms with Gasteiger partial charge in [-0.2, -0.15) is 0 Å². The molecule has 126 valence electrons. The molecule has 2 aromatic carbocycles. The summed E-state index contributed by atoms with van der Waals surface area (Å²) in [5, 5.41) is 8.60. The zero-order valence-corrected chi connectivity index (χ0v) is 13.9. The highest BCUT2D eigenvalue weighted by atomic mass is 16.5. The standard InChI is InChI=1S/C19H17N3O3/c1-12-10-14(25-21-12)11-22-17(23)19(2,20-18(22)24)16-9-5-7-13-6-3-4-8-15(13)16/h3-10H,11H2,1-2H3,(H,20,24)/t19-/m0/s1. The molecule has 0 unspecified atom stereocenters. The van der Waals surface area contributed by atoms with Crippen LogP contribution in [0.15, 0.2) is 53.1 Å². The van der Waals surface area contributed by atoms with Crippen molar-refractivity contribution in [3.05, 3.63) is 65.5 Å². The summed E-state index contributed by atoms with van der Waals surface area (Å²) in [6, 6.07) is 14.8. The fraction of sp³-hybridized carbons (Fsp3) is 0.211. The normalized spacial score (nSPS) is 20.3. The quantitative estimate of drug-likeness (QED) is 0.746. The molecule has 1 aliphatic rings. The van der Waals surface area contributed by atoms with E-state index in [0.717, 1.165) is 16.3 Å². The first-order valence-corrected chi connectivity index (χ1v) is 8.03. The zero-order chi connectivity index (χ0) is 17.6. The van der Waals surface area contributed by atoms with Crippen LogP contribution in [0.3, 0.4) is 0 Å². The van der Waals surface area contributed by atoms with E-state index in [9.17, 15) is 9.59 Å². The molecule has 1 N–H and O–H groups in total. The van der Waals surface area contributed by atoms with Crippen LogP contribution in [0, 0.1) is 6.92 Å². The Morgan fingerprint density at radius 1 is 1.16 bits per heavy atom. The lowest BCUT2D eigenvalue weighted by Gasteiger charge is -2.23. The molecule has 6 nitrogen and oxygen atoms in total. The number of fused-ring (bicyclic) bond motifs is 1. The maximum Gasteiger partial charge on any atom is 0.325 e. The van der Waals surface area contributed by atoms with E-state index in [1.54, 1.807) is 19.9 Å². The Balaban J connectivity index is 1.74. The van der Waals surface area contributed by atoms with Gasteiger partial charge < -0.3 is 9.84 Å². The number of aryl methyl sites for hydroxylation is 1. The number of benzene rings is 2. The van der Waals surface area contributed by atoms with E-state index in [1.165, 1.54) is 4.90 Å². The molecular formula is C19H17N3O3. The number of hydrogen-bond acceptors (Lipinski definition) is 4. The summed E-state index contributed by atoms with van der Waals surface area (Å²) in [7, 11) is 0. The first-order chi connectivity index (χ1) is 12.0. The van der Waals surface area contributed by atoms with Gasteiger partial charge in [-0.25, -0.2) is 4.79 Å². The van der Waals surface area contributed by atoms with Gasteiger partial charge in [-0.1, -0.05) is 47.6 Å². The molecule has 1 aliphatic heterocycles. The van der Waals surface area contributed by atoms with Crippen LogP contribution in [0.25, 0.3) is 10.8 Å². The third-order valence-electron chi connectivity index (χ3n) is 4.59. The molecular weight excluding hydrogens is 318 g/mol. The number of rotatable bonds is 3. The number of amides is 3. The molecule has 2 heterocycles. The number of carbonyl (C=O) groups excluding carboxylic acids is 2. The second-order valence-corrected chi connectivity index (χ2v) is 6.41. The predicted molar refractivity (Wildman–Crippen MR) is 91.6 cm³/mol. The molecule has 3 amide bonds. The van der Waals surface area contributed by atoms with E-state index in [-0.39, 0.29) is 12.5 Å². The van der Waals surface area contributed by atoms with E-state index in [2.05, 4.69) is 10.5 Å². The largest absolute Gasteiger partial charge is 0.359 e. The third-order valence-corrected chi connectivity index (χ3v) is 4.59. The summed E-state index contributed by atoms with van der Waals surface area (Å²) in [5.74, 6) is 0.172. The molecule has 0 radical (unpaired) electrons. The van der Waals surface area contributed by atoms with Crippen molar-refractivity contribution in [1.29, 1.82) is 0 Å². The number of nitrogens with one attached hydrogen (secondary N) is 1. The maximum atomic E-state index is 13.1. The van der Waals surface area contributed by atoms with Crippen LogP contribution in [-0.2, 0) is 16.9 Å². The molecule has 4 rings (SSSR count). The Bertz CT molecular complexity index is 989. The average Bonchev–Trinajstić information content (AvgIpc) is 3.11. The monoisotopic (exact) mass is 335 g/mol. The lowest BCUT2D eigenvalue weighted by molar-refractivity contribution is -0.131. The van der Waals surface area contributed by atoms with Crippen molar-refractivity contribution < 1.29 is 14.1 Å². The molecule has 25 heavy (non-hydrogen) atoms. The van der Waals surface area contributed by atoms with Gasteiger partial charge in [-0.15, -0.1) is 0 Å². The van der Waals surface area contributed by atoms with E-state index in [0.29, 0.717) is 11.5 Å². The van der Waals surface area contributed by atoms with Gasteiger partial charge in [0, 0.05) is 6.07 Å². The van der Waals surface area contributed by atoms with Crippen molar-refractivity contribution in [3.63, 3.8) is 0 Å². The van der Waals surface area contributed by atoms with Gasteiger partial charge in [-0.05, 0) is 30.2 Å². The van der Waals surface area contributed by atoms with E-state index in [4.69, 9.17) is 4.52 Å². The van der Waals surface area contributed by atoms with Crippen LogP contribution >= 0.6 is 0 Å². The van der Waals surface area contributed by atoms with Gasteiger partial charge in [0.15, 0.2) is 5.76 Å². The highest BCUT2D eigenvalue weighted by Gasteiger charge is 2.49. The Morgan fingerprint density at radius 3 is 2.68 bits per heavy atom. The lowest BCUT2D eigenvalue weighted by atomic mass is 9.88. The molecule has 3 aromatic rings. The van der Waals surface area contributed by atoms with Gasteiger partial charge in [0.25, 0.3) is 5.91 Å². The summed E-state index contributed by atoms with van der Waals surface area (Å²) in [6.07, 6.45) is 0. The van der Waals surface area contributed by atoms with Crippen LogP contribution in [-0.4, -0.2) is 22.0 Å². The van der Waals surface area contributed by atoms with E-state index < -0.39 is 11.6 Å². The fourth-order valence-corrected chi connectivity index (χ4v) is 3.33. The Kier molecular flexibility index (Phi) is 3.35. The van der Waals surface area contributed by atoms with Gasteiger partial charge in [0.2, 0.25) is 0 Å². The molecule has 1 saturated heterocycles. The minimum Gasteiger partial charge on any atom is -0.359 e. The van der Waals surface area contributed by atoms with Gasteiger partial charge >= 0.3 is 6.03 Å². The highest BCUT2D eigenvalue weighted by molar-refractivity contribution is 6.09. The first kappa shape index (κ1) is 15.4. The van der Waals surface area contributed by atoms with E-state index >= 15 is 0 Å². The van der Waals surface area contributed by atoms with Gasteiger partial charge in [0.1, 0.15) is 5.54 Å². The van der Waals surface area contributed by atoms with Crippen molar-refractivity contribution in [2.24, 2.45) is 0 Å². The maximum absolute atomic E-state index is 13.1. The van der Waals surface area contributed by atoms with Crippen LogP contribution in [0.4, 0.5) is 4.79 Å². The molecule has 1 atom stereocenters. The molecule has 0 bridgehead atoms. The summed E-state index contributed by atoms with van der Waals surface area (Å²) >= 11 is 0. The number of imide groups is 1. The summed E-state index contributed by atoms with van der Waals surface area (Å²) < 4.78 is 5.14. The second kappa shape index (κ2) is 5.44. The molecule has 0 aliphatic carbocycles. The Morgan fingerprint density at radius 2 is 1.92 bits per heavy atom. The predicted octanol–water partition coefficient (Wildman–Crippen LogP) is 3.10. The van der Waals surface area contributed by atoms with Crippen LogP contribution in [0.5, 0.6) is 0 Å². The molecule has 0 spiro atoms. The van der Waals surface area contributed by atoms with Crippen molar-refractivity contribution in [2.45, 2.75) is 25.9 Å². The van der Waals surface area contributed by atoms with Crippen molar-refractivity contribution in [2.75, 3.05) is 0 Å². The fourth-order valence-electron chi connectivity index (χ4n) is 3.33. The topological polar surface area (TPSA) is 75.4 Å². The van der Waals surface area contributed by atoms with E-state index in [1.807, 2.05) is 42.5 Å². The summed E-state index contributed by atoms with van der Waals surface area (Å²) in [5.41, 5.74) is 0.367. The molecule has 0 saturated carbocycles. The second-order valence-electron chi connectivity index (χ2n) is 6.41. The third kappa shape index (κ3) is 2.38. The number of hydrogen-bond donors (Lipinski definition) is 1. The Hall–Kier alpha value is -3.15. The first-order valence-electron chi connectivity index (χ1n) is 8.03. The van der Waals surface area contributed by atoms with Crippen LogP contribution in [0.2, 0.25) is 0 Å². The lowest BCUT2D eigenvalue weighted by Crippen LogP contribution is -2.41. The molecule has 1 aromatic heterocycles. The summed E-state index contributed by atoms with van der Waals surface area (Å²) in [4.78, 5) is 26.7. The zero-order valence-electron chi connectivity index (χ0n) is 13.9. The van der Waals surface area contributed by atoms with Gasteiger partial charge in [-0.3, -0.25) is 9.69 Å². The average molecular weight is 335 g/mol. The van der Waals surface area contributed by atoms with Crippen molar-refractivity contribution in [3.8, 4) is 0 Å². The van der Waals surface area contributed by atoms with Crippen molar-refractivity contribution in [1.82, 2.24) is 15.4 Å². The minimum absolute atomic E-state index is 0.0614. The van der Waals surface area contributed by atoms with Crippen molar-refractivity contribution >= 4 is 22.7 Å². The number of urea groups is 1. The van der Waals surface area contributed by atoms with Crippen LogP contribution < -0.4 is 5.32 Å². The van der Waals surface area contributed by atoms with Gasteiger partial charge in [0.05, 0.1) is 12.2 Å². The highest BCUT2D eigenvalue weighted by Crippen LogP contribution is 2.34.